The van der Waals surface area contributed by atoms with Gasteiger partial charge in [0.1, 0.15) is 18.0 Å². The molecule has 1 aliphatic rings. The first-order chi connectivity index (χ1) is 16.1. The van der Waals surface area contributed by atoms with Crippen molar-refractivity contribution in [3.63, 3.8) is 0 Å². The number of methoxy groups -OCH3 is 2. The second kappa shape index (κ2) is 9.86. The summed E-state index contributed by atoms with van der Waals surface area (Å²) in [7, 11) is 3.13. The van der Waals surface area contributed by atoms with Gasteiger partial charge in [-0.1, -0.05) is 12.1 Å². The maximum atomic E-state index is 12.2. The van der Waals surface area contributed by atoms with Crippen LogP contribution in [0.15, 0.2) is 59.8 Å². The minimum Gasteiger partial charge on any atom is -0.493 e. The molecule has 0 radical (unpaired) electrons. The van der Waals surface area contributed by atoms with Gasteiger partial charge >= 0.3 is 6.09 Å². The molecular formula is C23H23N5O5. The number of benzene rings is 2. The maximum Gasteiger partial charge on any atom is 0.430 e. The molecule has 0 aliphatic carbocycles. The van der Waals surface area contributed by atoms with E-state index in [0.717, 1.165) is 11.1 Å². The molecule has 10 nitrogen and oxygen atoms in total. The van der Waals surface area contributed by atoms with E-state index in [1.807, 2.05) is 18.2 Å². The summed E-state index contributed by atoms with van der Waals surface area (Å²) in [5.41, 5.74) is 3.42. The first kappa shape index (κ1) is 21.9. The molecular weight excluding hydrogens is 426 g/mol. The van der Waals surface area contributed by atoms with Crippen molar-refractivity contribution in [2.24, 2.45) is 5.10 Å². The maximum absolute atomic E-state index is 12.2. The number of rotatable bonds is 8. The number of hydrazone groups is 1. The van der Waals surface area contributed by atoms with E-state index >= 15 is 0 Å². The summed E-state index contributed by atoms with van der Waals surface area (Å²) in [4.78, 5) is 24.3. The summed E-state index contributed by atoms with van der Waals surface area (Å²) < 4.78 is 15.9. The van der Waals surface area contributed by atoms with E-state index in [1.165, 1.54) is 11.2 Å². The number of nitrogens with zero attached hydrogens (tertiary/aromatic N) is 3. The fourth-order valence-corrected chi connectivity index (χ4v) is 3.29. The number of H-pyrrole nitrogens is 1. The Hall–Kier alpha value is -4.34. The van der Waals surface area contributed by atoms with Gasteiger partial charge in [0.2, 0.25) is 0 Å². The van der Waals surface area contributed by atoms with Gasteiger partial charge in [-0.3, -0.25) is 9.89 Å². The molecule has 2 aromatic carbocycles. The Morgan fingerprint density at radius 1 is 1.12 bits per heavy atom. The van der Waals surface area contributed by atoms with Gasteiger partial charge < -0.3 is 19.5 Å². The number of hydrogen-bond acceptors (Lipinski definition) is 7. The normalized spacial score (nSPS) is 13.2. The van der Waals surface area contributed by atoms with Crippen LogP contribution in [0.2, 0.25) is 0 Å². The molecule has 0 saturated carbocycles. The number of nitrogens with one attached hydrogen (secondary N) is 2. The van der Waals surface area contributed by atoms with Crippen LogP contribution in [-0.2, 0) is 11.2 Å². The zero-order valence-corrected chi connectivity index (χ0v) is 18.2. The molecule has 1 aromatic heterocycles. The fraction of sp³-hybridized carbons (Fsp3) is 0.217. The summed E-state index contributed by atoms with van der Waals surface area (Å²) in [5.74, 6) is 0.907. The molecule has 2 N–H and O–H groups in total. The zero-order chi connectivity index (χ0) is 23.2. The third-order valence-electron chi connectivity index (χ3n) is 5.07. The lowest BCUT2D eigenvalue weighted by Crippen LogP contribution is -2.36. The molecule has 33 heavy (non-hydrogen) atoms. The highest BCUT2D eigenvalue weighted by Crippen LogP contribution is 2.28. The summed E-state index contributed by atoms with van der Waals surface area (Å²) in [5, 5.41) is 15.0. The van der Waals surface area contributed by atoms with Crippen molar-refractivity contribution in [3.8, 4) is 11.5 Å². The van der Waals surface area contributed by atoms with Crippen molar-refractivity contribution in [2.75, 3.05) is 32.7 Å². The Bertz CT molecular complexity index is 1160. The van der Waals surface area contributed by atoms with Crippen LogP contribution >= 0.6 is 0 Å². The molecule has 1 aliphatic heterocycles. The SMILES string of the molecule is COc1ccc(C2=NN(CCc3ccc(NC(=O)c4ccn[nH]4)cc3)C(=O)OC2)cc1OC. The largest absolute Gasteiger partial charge is 0.493 e. The van der Waals surface area contributed by atoms with Gasteiger partial charge in [0.15, 0.2) is 11.5 Å². The lowest BCUT2D eigenvalue weighted by molar-refractivity contribution is 0.102. The molecule has 0 atom stereocenters. The molecule has 10 heteroatoms. The average Bonchev–Trinajstić information content (AvgIpc) is 3.39. The van der Waals surface area contributed by atoms with E-state index in [2.05, 4.69) is 20.6 Å². The number of hydrogen-bond donors (Lipinski definition) is 2. The topological polar surface area (TPSA) is 118 Å². The van der Waals surface area contributed by atoms with Crippen molar-refractivity contribution < 1.29 is 23.8 Å². The molecule has 2 amide bonds. The van der Waals surface area contributed by atoms with Crippen LogP contribution in [0.1, 0.15) is 21.6 Å². The van der Waals surface area contributed by atoms with E-state index in [9.17, 15) is 9.59 Å². The number of anilines is 1. The standard InChI is InChI=1S/C23H23N5O5/c1-31-20-8-5-16(13-21(20)32-2)19-14-33-23(30)28(27-19)12-10-15-3-6-17(7-4-15)25-22(29)18-9-11-24-26-18/h3-9,11,13H,10,12,14H2,1-2H3,(H,24,26)(H,25,29). The number of cyclic esters (lactones) is 1. The molecule has 170 valence electrons. The predicted molar refractivity (Wildman–Crippen MR) is 121 cm³/mol. The van der Waals surface area contributed by atoms with Crippen molar-refractivity contribution >= 4 is 23.4 Å². The second-order valence-electron chi connectivity index (χ2n) is 7.17. The minimum atomic E-state index is -0.498. The predicted octanol–water partition coefficient (Wildman–Crippen LogP) is 3.08. The molecule has 3 aromatic rings. The van der Waals surface area contributed by atoms with Gasteiger partial charge in [0, 0.05) is 17.4 Å². The Labute approximate surface area is 190 Å². The molecule has 4 rings (SSSR count). The van der Waals surface area contributed by atoms with Crippen LogP contribution < -0.4 is 14.8 Å². The van der Waals surface area contributed by atoms with Crippen molar-refractivity contribution in [2.45, 2.75) is 6.42 Å². The molecule has 2 heterocycles. The third-order valence-corrected chi connectivity index (χ3v) is 5.07. The van der Waals surface area contributed by atoms with E-state index in [4.69, 9.17) is 14.2 Å². The molecule has 0 spiro atoms. The smallest absolute Gasteiger partial charge is 0.430 e. The van der Waals surface area contributed by atoms with Crippen LogP contribution in [-0.4, -0.2) is 60.3 Å². The number of carbonyl (C=O) groups excluding carboxylic acids is 2. The van der Waals surface area contributed by atoms with Crippen molar-refractivity contribution in [1.29, 1.82) is 0 Å². The minimum absolute atomic E-state index is 0.0789. The van der Waals surface area contributed by atoms with Crippen LogP contribution in [0.5, 0.6) is 11.5 Å². The zero-order valence-electron chi connectivity index (χ0n) is 18.2. The highest BCUT2D eigenvalue weighted by Gasteiger charge is 2.23. The van der Waals surface area contributed by atoms with Crippen LogP contribution in [0.4, 0.5) is 10.5 Å². The van der Waals surface area contributed by atoms with E-state index < -0.39 is 6.09 Å². The summed E-state index contributed by atoms with van der Waals surface area (Å²) in [6.45, 7) is 0.422. The molecule has 0 unspecified atom stereocenters. The van der Waals surface area contributed by atoms with Crippen LogP contribution in [0.25, 0.3) is 0 Å². The Kier molecular flexibility index (Phi) is 6.53. The number of ether oxygens (including phenoxy) is 3. The Morgan fingerprint density at radius 2 is 1.91 bits per heavy atom. The highest BCUT2D eigenvalue weighted by molar-refractivity contribution is 6.04. The lowest BCUT2D eigenvalue weighted by Gasteiger charge is -2.24. The second-order valence-corrected chi connectivity index (χ2v) is 7.17. The summed E-state index contributed by atoms with van der Waals surface area (Å²) in [6, 6.07) is 14.4. The quantitative estimate of drug-likeness (QED) is 0.546. The fourth-order valence-electron chi connectivity index (χ4n) is 3.29. The number of aromatic nitrogens is 2. The molecule has 0 saturated heterocycles. The van der Waals surface area contributed by atoms with Gasteiger partial charge in [-0.15, -0.1) is 0 Å². The number of amides is 2. The monoisotopic (exact) mass is 449 g/mol. The Morgan fingerprint density at radius 3 is 2.61 bits per heavy atom. The summed E-state index contributed by atoms with van der Waals surface area (Å²) in [6.07, 6.45) is 1.58. The number of aromatic amines is 1. The van der Waals surface area contributed by atoms with Gasteiger partial charge in [-0.05, 0) is 48.4 Å². The lowest BCUT2D eigenvalue weighted by atomic mass is 10.1. The van der Waals surface area contributed by atoms with Gasteiger partial charge in [-0.2, -0.15) is 15.2 Å². The van der Waals surface area contributed by atoms with E-state index in [1.54, 1.807) is 44.6 Å². The van der Waals surface area contributed by atoms with E-state index in [-0.39, 0.29) is 12.5 Å². The third kappa shape index (κ3) is 5.12. The van der Waals surface area contributed by atoms with Gasteiger partial charge in [0.25, 0.3) is 5.91 Å². The molecule has 0 bridgehead atoms. The highest BCUT2D eigenvalue weighted by atomic mass is 16.6. The van der Waals surface area contributed by atoms with Crippen LogP contribution in [0, 0.1) is 0 Å². The van der Waals surface area contributed by atoms with Crippen molar-refractivity contribution in [1.82, 2.24) is 15.2 Å². The first-order valence-corrected chi connectivity index (χ1v) is 10.2. The number of carbonyl (C=O) groups is 2. The van der Waals surface area contributed by atoms with Gasteiger partial charge in [0.05, 0.1) is 20.8 Å². The molecule has 0 fully saturated rings. The summed E-state index contributed by atoms with van der Waals surface area (Å²) >= 11 is 0. The van der Waals surface area contributed by atoms with Gasteiger partial charge in [-0.25, -0.2) is 4.79 Å². The van der Waals surface area contributed by atoms with Crippen molar-refractivity contribution in [3.05, 3.63) is 71.5 Å². The Balaban J connectivity index is 1.40. The van der Waals surface area contributed by atoms with Crippen LogP contribution in [0.3, 0.4) is 0 Å². The average molecular weight is 449 g/mol. The first-order valence-electron chi connectivity index (χ1n) is 10.2. The van der Waals surface area contributed by atoms with E-state index in [0.29, 0.717) is 41.6 Å².